The summed E-state index contributed by atoms with van der Waals surface area (Å²) < 4.78 is 12.7. The van der Waals surface area contributed by atoms with Crippen LogP contribution >= 0.6 is 0 Å². The van der Waals surface area contributed by atoms with Gasteiger partial charge in [0.05, 0.1) is 18.5 Å². The molecule has 0 fully saturated rings. The van der Waals surface area contributed by atoms with Gasteiger partial charge in [-0.3, -0.25) is 4.79 Å². The first-order valence-corrected chi connectivity index (χ1v) is 8.97. The molecule has 3 aromatic heterocycles. The molecule has 0 saturated carbocycles. The Kier molecular flexibility index (Phi) is 5.07. The van der Waals surface area contributed by atoms with Gasteiger partial charge >= 0.3 is 6.01 Å². The van der Waals surface area contributed by atoms with Gasteiger partial charge in [0.25, 0.3) is 5.91 Å². The van der Waals surface area contributed by atoms with Gasteiger partial charge in [-0.2, -0.15) is 0 Å². The number of fused-ring (bicyclic) bond motifs is 1. The Morgan fingerprint density at radius 2 is 2.07 bits per heavy atom. The number of benzene rings is 1. The van der Waals surface area contributed by atoms with Crippen molar-refractivity contribution in [1.82, 2.24) is 19.4 Å². The summed E-state index contributed by atoms with van der Waals surface area (Å²) in [6.45, 7) is 1.61. The zero-order valence-electron chi connectivity index (χ0n) is 16.0. The van der Waals surface area contributed by atoms with Crippen LogP contribution in [0.15, 0.2) is 61.1 Å². The molecule has 0 unspecified atom stereocenters. The molecular formula is C21H19N5O3. The van der Waals surface area contributed by atoms with E-state index in [0.29, 0.717) is 11.4 Å². The molecule has 0 radical (unpaired) electrons. The minimum atomic E-state index is -0.347. The molecule has 0 spiro atoms. The van der Waals surface area contributed by atoms with E-state index in [2.05, 4.69) is 20.3 Å². The number of aryl methyl sites for hydroxylation is 1. The van der Waals surface area contributed by atoms with Crippen molar-refractivity contribution in [3.63, 3.8) is 0 Å². The van der Waals surface area contributed by atoms with Crippen LogP contribution in [0.5, 0.6) is 11.8 Å². The van der Waals surface area contributed by atoms with Crippen LogP contribution in [0.3, 0.4) is 0 Å². The van der Waals surface area contributed by atoms with Crippen LogP contribution in [0, 0.1) is 6.92 Å². The van der Waals surface area contributed by atoms with Crippen LogP contribution < -0.4 is 14.8 Å². The smallest absolute Gasteiger partial charge is 0.317 e. The summed E-state index contributed by atoms with van der Waals surface area (Å²) in [6.07, 6.45) is 5.45. The Balaban J connectivity index is 1.52. The summed E-state index contributed by atoms with van der Waals surface area (Å²) in [5.74, 6) is 0.193. The lowest BCUT2D eigenvalue weighted by molar-refractivity contribution is -0.118. The molecule has 8 nitrogen and oxygen atoms in total. The average molecular weight is 389 g/mol. The number of imidazole rings is 1. The summed E-state index contributed by atoms with van der Waals surface area (Å²) in [4.78, 5) is 25.1. The number of carbonyl (C=O) groups excluding carboxylic acids is 1. The number of nitrogens with one attached hydrogen (secondary N) is 1. The van der Waals surface area contributed by atoms with Gasteiger partial charge < -0.3 is 19.2 Å². The molecule has 8 heteroatoms. The van der Waals surface area contributed by atoms with Crippen molar-refractivity contribution in [3.8, 4) is 23.0 Å². The van der Waals surface area contributed by atoms with Gasteiger partial charge in [0.1, 0.15) is 11.4 Å². The number of carbonyl (C=O) groups is 1. The third-order valence-electron chi connectivity index (χ3n) is 4.24. The van der Waals surface area contributed by atoms with E-state index in [1.165, 1.54) is 0 Å². The minimum Gasteiger partial charge on any atom is -0.495 e. The molecule has 0 aliphatic carbocycles. The predicted octanol–water partition coefficient (Wildman–Crippen LogP) is 3.13. The van der Waals surface area contributed by atoms with Crippen molar-refractivity contribution < 1.29 is 14.3 Å². The third-order valence-corrected chi connectivity index (χ3v) is 4.24. The van der Waals surface area contributed by atoms with E-state index in [9.17, 15) is 4.79 Å². The van der Waals surface area contributed by atoms with E-state index in [1.807, 2.05) is 54.0 Å². The molecule has 146 valence electrons. The van der Waals surface area contributed by atoms with Crippen LogP contribution in [0.2, 0.25) is 0 Å². The molecule has 1 amide bonds. The number of anilines is 1. The van der Waals surface area contributed by atoms with Crippen LogP contribution in [0.25, 0.3) is 16.9 Å². The fourth-order valence-corrected chi connectivity index (χ4v) is 2.85. The minimum absolute atomic E-state index is 0.158. The first kappa shape index (κ1) is 18.4. The second kappa shape index (κ2) is 7.97. The highest BCUT2D eigenvalue weighted by Crippen LogP contribution is 2.30. The Hall–Kier alpha value is -3.94. The van der Waals surface area contributed by atoms with Gasteiger partial charge in [0.2, 0.25) is 0 Å². The Morgan fingerprint density at radius 1 is 1.17 bits per heavy atom. The third kappa shape index (κ3) is 4.16. The quantitative estimate of drug-likeness (QED) is 0.545. The largest absolute Gasteiger partial charge is 0.495 e. The Morgan fingerprint density at radius 3 is 2.86 bits per heavy atom. The van der Waals surface area contributed by atoms with Gasteiger partial charge in [0, 0.05) is 29.8 Å². The van der Waals surface area contributed by atoms with Crippen molar-refractivity contribution in [2.75, 3.05) is 19.0 Å². The van der Waals surface area contributed by atoms with E-state index in [1.54, 1.807) is 25.4 Å². The van der Waals surface area contributed by atoms with Crippen LogP contribution in [-0.4, -0.2) is 39.0 Å². The number of hydrogen-bond donors (Lipinski definition) is 1. The topological polar surface area (TPSA) is 90.6 Å². The molecule has 4 aromatic rings. The van der Waals surface area contributed by atoms with E-state index in [0.717, 1.165) is 22.6 Å². The molecule has 0 aliphatic heterocycles. The standard InChI is InChI=1S/C21H19N5O3/c1-14-8-9-22-21(23-14)29-13-20(27)25-16-11-15(6-7-18(16)28-2)17-12-26-10-4-3-5-19(26)24-17/h3-12H,13H2,1-2H3,(H,25,27). The zero-order chi connectivity index (χ0) is 20.2. The average Bonchev–Trinajstić information content (AvgIpc) is 3.17. The monoisotopic (exact) mass is 389 g/mol. The van der Waals surface area contributed by atoms with Crippen LogP contribution in [-0.2, 0) is 4.79 Å². The number of ether oxygens (including phenoxy) is 2. The maximum Gasteiger partial charge on any atom is 0.317 e. The summed E-state index contributed by atoms with van der Waals surface area (Å²) in [5.41, 5.74) is 3.78. The molecule has 1 aromatic carbocycles. The van der Waals surface area contributed by atoms with E-state index < -0.39 is 0 Å². The number of hydrogen-bond acceptors (Lipinski definition) is 6. The molecule has 0 aliphatic rings. The first-order valence-electron chi connectivity index (χ1n) is 8.97. The van der Waals surface area contributed by atoms with E-state index in [-0.39, 0.29) is 18.5 Å². The highest BCUT2D eigenvalue weighted by atomic mass is 16.5. The summed E-state index contributed by atoms with van der Waals surface area (Å²) >= 11 is 0. The number of rotatable bonds is 6. The van der Waals surface area contributed by atoms with Gasteiger partial charge in [-0.1, -0.05) is 6.07 Å². The fourth-order valence-electron chi connectivity index (χ4n) is 2.85. The number of aromatic nitrogens is 4. The molecule has 0 saturated heterocycles. The van der Waals surface area contributed by atoms with Gasteiger partial charge in [-0.05, 0) is 43.3 Å². The lowest BCUT2D eigenvalue weighted by Crippen LogP contribution is -2.21. The van der Waals surface area contributed by atoms with Crippen molar-refractivity contribution in [2.24, 2.45) is 0 Å². The maximum absolute atomic E-state index is 12.4. The molecule has 4 rings (SSSR count). The van der Waals surface area contributed by atoms with Crippen LogP contribution in [0.1, 0.15) is 5.69 Å². The van der Waals surface area contributed by atoms with Crippen molar-refractivity contribution in [3.05, 3.63) is 66.7 Å². The Labute approximate surface area is 167 Å². The SMILES string of the molecule is COc1ccc(-c2cn3ccccc3n2)cc1NC(=O)COc1nccc(C)n1. The van der Waals surface area contributed by atoms with Crippen molar-refractivity contribution in [2.45, 2.75) is 6.92 Å². The molecule has 3 heterocycles. The second-order valence-corrected chi connectivity index (χ2v) is 6.32. The second-order valence-electron chi connectivity index (χ2n) is 6.32. The fraction of sp³-hybridized carbons (Fsp3) is 0.143. The molecular weight excluding hydrogens is 370 g/mol. The van der Waals surface area contributed by atoms with E-state index in [4.69, 9.17) is 9.47 Å². The van der Waals surface area contributed by atoms with Gasteiger partial charge in [-0.25, -0.2) is 15.0 Å². The van der Waals surface area contributed by atoms with Gasteiger partial charge in [0.15, 0.2) is 6.61 Å². The molecule has 1 N–H and O–H groups in total. The van der Waals surface area contributed by atoms with Gasteiger partial charge in [-0.15, -0.1) is 0 Å². The number of pyridine rings is 1. The predicted molar refractivity (Wildman–Crippen MR) is 108 cm³/mol. The number of nitrogens with zero attached hydrogens (tertiary/aromatic N) is 4. The molecule has 29 heavy (non-hydrogen) atoms. The Bertz CT molecular complexity index is 1140. The highest BCUT2D eigenvalue weighted by Gasteiger charge is 2.12. The van der Waals surface area contributed by atoms with E-state index >= 15 is 0 Å². The number of methoxy groups -OCH3 is 1. The first-order chi connectivity index (χ1) is 14.1. The summed E-state index contributed by atoms with van der Waals surface area (Å²) in [7, 11) is 1.55. The molecule has 0 bridgehead atoms. The number of amides is 1. The summed E-state index contributed by atoms with van der Waals surface area (Å²) in [5, 5.41) is 2.81. The van der Waals surface area contributed by atoms with Crippen LogP contribution in [0.4, 0.5) is 5.69 Å². The van der Waals surface area contributed by atoms with Crippen molar-refractivity contribution in [1.29, 1.82) is 0 Å². The zero-order valence-corrected chi connectivity index (χ0v) is 16.0. The highest BCUT2D eigenvalue weighted by molar-refractivity contribution is 5.94. The maximum atomic E-state index is 12.4. The lowest BCUT2D eigenvalue weighted by Gasteiger charge is -2.12. The molecule has 0 atom stereocenters. The summed E-state index contributed by atoms with van der Waals surface area (Å²) in [6, 6.07) is 13.2. The van der Waals surface area contributed by atoms with Crippen molar-refractivity contribution >= 4 is 17.2 Å². The normalized spacial score (nSPS) is 10.7. The lowest BCUT2D eigenvalue weighted by atomic mass is 10.1.